The van der Waals surface area contributed by atoms with Crippen LogP contribution in [0.15, 0.2) is 28.9 Å². The number of aryl methyl sites for hydroxylation is 1. The summed E-state index contributed by atoms with van der Waals surface area (Å²) < 4.78 is 21.9. The number of imidazole rings is 1. The zero-order valence-corrected chi connectivity index (χ0v) is 16.4. The normalized spacial score (nSPS) is 20.7. The summed E-state index contributed by atoms with van der Waals surface area (Å²) in [5, 5.41) is 14.4. The van der Waals surface area contributed by atoms with Crippen LogP contribution in [0.1, 0.15) is 64.8 Å². The monoisotopic (exact) mass is 406 g/mol. The van der Waals surface area contributed by atoms with Gasteiger partial charge in [0.05, 0.1) is 11.3 Å². The number of primary amides is 1. The van der Waals surface area contributed by atoms with Crippen LogP contribution in [0.3, 0.4) is 0 Å². The van der Waals surface area contributed by atoms with E-state index >= 15 is 0 Å². The fraction of sp³-hybridized carbons (Fsp3) is 0.318. The maximum Gasteiger partial charge on any atom is 0.268 e. The molecule has 3 aromatic rings. The van der Waals surface area contributed by atoms with Gasteiger partial charge >= 0.3 is 0 Å². The molecule has 2 aliphatic heterocycles. The molecular formula is C22H19FN4O3. The second-order valence-electron chi connectivity index (χ2n) is 8.12. The molecule has 3 N–H and O–H groups in total. The number of aromatic nitrogens is 3. The van der Waals surface area contributed by atoms with E-state index in [0.29, 0.717) is 11.5 Å². The van der Waals surface area contributed by atoms with Crippen molar-refractivity contribution in [2.45, 2.75) is 44.2 Å². The third-order valence-electron chi connectivity index (χ3n) is 5.86. The van der Waals surface area contributed by atoms with E-state index in [4.69, 9.17) is 10.3 Å². The van der Waals surface area contributed by atoms with Crippen molar-refractivity contribution in [2.24, 2.45) is 5.73 Å². The summed E-state index contributed by atoms with van der Waals surface area (Å²) in [6.07, 6.45) is 3.39. The molecule has 1 atom stereocenters. The molecular weight excluding hydrogens is 387 g/mol. The first kappa shape index (κ1) is 18.6. The quantitative estimate of drug-likeness (QED) is 0.637. The van der Waals surface area contributed by atoms with Gasteiger partial charge in [-0.2, -0.15) is 0 Å². The molecule has 4 heterocycles. The number of hydrogen-bond donors (Lipinski definition) is 2. The predicted octanol–water partition coefficient (Wildman–Crippen LogP) is 2.78. The number of nitrogens with two attached hydrogens (primary N) is 1. The number of benzene rings is 1. The number of nitrogens with zero attached hydrogens (tertiary/aromatic N) is 3. The van der Waals surface area contributed by atoms with E-state index in [9.17, 15) is 14.3 Å². The van der Waals surface area contributed by atoms with Crippen LogP contribution >= 0.6 is 0 Å². The van der Waals surface area contributed by atoms with Crippen LogP contribution in [0.25, 0.3) is 11.4 Å². The van der Waals surface area contributed by atoms with Crippen molar-refractivity contribution >= 4 is 5.91 Å². The van der Waals surface area contributed by atoms with Gasteiger partial charge in [-0.1, -0.05) is 17.0 Å². The zero-order valence-electron chi connectivity index (χ0n) is 16.4. The molecule has 2 bridgehead atoms. The van der Waals surface area contributed by atoms with E-state index in [1.807, 2.05) is 4.57 Å². The molecule has 6 rings (SSSR count). The molecule has 1 aromatic carbocycles. The van der Waals surface area contributed by atoms with Crippen molar-refractivity contribution in [1.82, 2.24) is 14.7 Å². The van der Waals surface area contributed by atoms with Gasteiger partial charge in [0.1, 0.15) is 17.3 Å². The first-order chi connectivity index (χ1) is 14.2. The number of carbonyl (C=O) groups is 1. The summed E-state index contributed by atoms with van der Waals surface area (Å²) in [5.74, 6) is 5.33. The Kier molecular flexibility index (Phi) is 3.89. The summed E-state index contributed by atoms with van der Waals surface area (Å²) >= 11 is 0. The minimum atomic E-state index is -1.63. The van der Waals surface area contributed by atoms with Gasteiger partial charge in [0.25, 0.3) is 5.91 Å². The van der Waals surface area contributed by atoms with Gasteiger partial charge in [0.15, 0.2) is 11.4 Å². The van der Waals surface area contributed by atoms with Gasteiger partial charge in [0, 0.05) is 23.9 Å². The molecule has 7 nitrogen and oxygen atoms in total. The van der Waals surface area contributed by atoms with E-state index in [-0.39, 0.29) is 29.0 Å². The molecule has 0 radical (unpaired) electrons. The van der Waals surface area contributed by atoms with Crippen LogP contribution in [-0.2, 0) is 5.60 Å². The molecule has 0 saturated heterocycles. The summed E-state index contributed by atoms with van der Waals surface area (Å²) in [4.78, 5) is 16.0. The van der Waals surface area contributed by atoms with Crippen LogP contribution in [0, 0.1) is 24.6 Å². The average molecular weight is 406 g/mol. The topological polar surface area (TPSA) is 107 Å². The van der Waals surface area contributed by atoms with Crippen molar-refractivity contribution in [1.29, 1.82) is 0 Å². The molecule has 3 aliphatic rings. The lowest BCUT2D eigenvalue weighted by molar-refractivity contribution is 0.0872. The maximum atomic E-state index is 14.9. The standard InChI is InChI=1S/C22H19FN4O3/c1-11-5-19(30-26-11)22(2,29)4-3-12-8-16-15(9-17(12)23)13-6-14(7-13)27-10-18(20(24)28)25-21(16)27/h5,8-10,13-14,29H,6-7H2,1-2H3,(H2,24,28)/t13?,14?,22-/m0/s1. The summed E-state index contributed by atoms with van der Waals surface area (Å²) in [5.41, 5.74) is 6.29. The third-order valence-corrected chi connectivity index (χ3v) is 5.86. The van der Waals surface area contributed by atoms with Crippen LogP contribution in [0.5, 0.6) is 0 Å². The van der Waals surface area contributed by atoms with Crippen molar-refractivity contribution in [2.75, 3.05) is 0 Å². The molecule has 8 heteroatoms. The summed E-state index contributed by atoms with van der Waals surface area (Å²) in [6, 6.07) is 4.91. The van der Waals surface area contributed by atoms with Crippen molar-refractivity contribution in [3.63, 3.8) is 0 Å². The van der Waals surface area contributed by atoms with E-state index in [0.717, 1.165) is 24.0 Å². The highest BCUT2D eigenvalue weighted by Crippen LogP contribution is 2.52. The fourth-order valence-corrected chi connectivity index (χ4v) is 4.12. The zero-order chi connectivity index (χ0) is 21.2. The average Bonchev–Trinajstić information content (AvgIpc) is 3.23. The third kappa shape index (κ3) is 2.82. The van der Waals surface area contributed by atoms with Gasteiger partial charge in [-0.25, -0.2) is 9.37 Å². The van der Waals surface area contributed by atoms with Gasteiger partial charge in [-0.3, -0.25) is 4.79 Å². The Morgan fingerprint density at radius 3 is 2.83 bits per heavy atom. The number of rotatable bonds is 2. The van der Waals surface area contributed by atoms with Crippen molar-refractivity contribution in [3.8, 4) is 23.2 Å². The Morgan fingerprint density at radius 2 is 2.17 bits per heavy atom. The van der Waals surface area contributed by atoms with Gasteiger partial charge in [-0.15, -0.1) is 0 Å². The Labute approximate surface area is 171 Å². The number of carbonyl (C=O) groups excluding carboxylic acids is 1. The Balaban J connectivity index is 1.61. The van der Waals surface area contributed by atoms with Gasteiger partial charge < -0.3 is 19.9 Å². The minimum absolute atomic E-state index is 0.125. The second-order valence-corrected chi connectivity index (χ2v) is 8.12. The molecule has 0 spiro atoms. The molecule has 2 aromatic heterocycles. The molecule has 0 unspecified atom stereocenters. The molecule has 1 aliphatic carbocycles. The SMILES string of the molecule is Cc1cc([C@@](C)(O)C#Cc2cc3c(cc2F)C2CC(C2)n2cc(C(N)=O)nc2-3)on1. The van der Waals surface area contributed by atoms with E-state index in [1.165, 1.54) is 13.0 Å². The first-order valence-corrected chi connectivity index (χ1v) is 9.65. The predicted molar refractivity (Wildman–Crippen MR) is 105 cm³/mol. The second kappa shape index (κ2) is 6.28. The first-order valence-electron chi connectivity index (χ1n) is 9.65. The number of aliphatic hydroxyl groups is 1. The molecule has 1 amide bonds. The van der Waals surface area contributed by atoms with Crippen LogP contribution < -0.4 is 5.73 Å². The van der Waals surface area contributed by atoms with E-state index in [2.05, 4.69) is 22.0 Å². The molecule has 152 valence electrons. The van der Waals surface area contributed by atoms with Crippen molar-refractivity contribution in [3.05, 3.63) is 58.5 Å². The Hall–Kier alpha value is -3.44. The number of hydrogen-bond acceptors (Lipinski definition) is 5. The maximum absolute atomic E-state index is 14.9. The Morgan fingerprint density at radius 1 is 1.40 bits per heavy atom. The molecule has 1 fully saturated rings. The fourth-order valence-electron chi connectivity index (χ4n) is 4.12. The lowest BCUT2D eigenvalue weighted by atomic mass is 9.75. The highest BCUT2D eigenvalue weighted by Gasteiger charge is 2.39. The smallest absolute Gasteiger partial charge is 0.268 e. The molecule has 30 heavy (non-hydrogen) atoms. The largest absolute Gasteiger partial charge is 0.371 e. The summed E-state index contributed by atoms with van der Waals surface area (Å²) in [6.45, 7) is 3.19. The van der Waals surface area contributed by atoms with Crippen LogP contribution in [0.4, 0.5) is 4.39 Å². The van der Waals surface area contributed by atoms with Crippen molar-refractivity contribution < 1.29 is 18.8 Å². The summed E-state index contributed by atoms with van der Waals surface area (Å²) in [7, 11) is 0. The van der Waals surface area contributed by atoms with Crippen LogP contribution in [-0.4, -0.2) is 25.7 Å². The van der Waals surface area contributed by atoms with Gasteiger partial charge in [-0.05, 0) is 50.3 Å². The van der Waals surface area contributed by atoms with E-state index in [1.54, 1.807) is 25.3 Å². The highest BCUT2D eigenvalue weighted by molar-refractivity contribution is 5.91. The van der Waals surface area contributed by atoms with Gasteiger partial charge in [0.2, 0.25) is 0 Å². The number of amides is 1. The van der Waals surface area contributed by atoms with E-state index < -0.39 is 17.3 Å². The Bertz CT molecular complexity index is 1260. The lowest BCUT2D eigenvalue weighted by Gasteiger charge is -2.34. The molecule has 1 saturated carbocycles. The lowest BCUT2D eigenvalue weighted by Crippen LogP contribution is -2.22. The number of halogens is 1. The minimum Gasteiger partial charge on any atom is -0.371 e. The van der Waals surface area contributed by atoms with Crippen LogP contribution in [0.2, 0.25) is 0 Å². The highest BCUT2D eigenvalue weighted by atomic mass is 19.1.